The number of nitrogens with two attached hydrogens (primary N) is 1. The van der Waals surface area contributed by atoms with Gasteiger partial charge in [-0.15, -0.1) is 0 Å². The minimum Gasteiger partial charge on any atom is -0.456 e. The summed E-state index contributed by atoms with van der Waals surface area (Å²) < 4.78 is 6.86. The van der Waals surface area contributed by atoms with E-state index >= 15 is 0 Å². The largest absolute Gasteiger partial charge is 0.456 e. The highest BCUT2D eigenvalue weighted by Gasteiger charge is 2.00. The highest BCUT2D eigenvalue weighted by molar-refractivity contribution is 14.1. The molecule has 0 heterocycles. The van der Waals surface area contributed by atoms with E-state index in [2.05, 4.69) is 22.6 Å². The predicted octanol–water partition coefficient (Wildman–Crippen LogP) is 3.54. The van der Waals surface area contributed by atoms with Crippen LogP contribution in [0.4, 0.5) is 0 Å². The van der Waals surface area contributed by atoms with Gasteiger partial charge in [0, 0.05) is 6.54 Å². The van der Waals surface area contributed by atoms with Gasteiger partial charge in [0.25, 0.3) is 0 Å². The van der Waals surface area contributed by atoms with Crippen LogP contribution in [-0.2, 0) is 6.54 Å². The fraction of sp³-hybridized carbons (Fsp3) is 0.0769. The standard InChI is InChI=1S/C13H12INO/c14-12-3-1-2-4-13(12)16-11-7-5-10(9-15)6-8-11/h1-8H,9,15H2. The number of hydrogen-bond donors (Lipinski definition) is 1. The molecule has 0 aliphatic heterocycles. The second-order valence-electron chi connectivity index (χ2n) is 3.38. The Morgan fingerprint density at radius 1 is 1.00 bits per heavy atom. The first kappa shape index (κ1) is 11.4. The van der Waals surface area contributed by atoms with E-state index in [4.69, 9.17) is 10.5 Å². The number of rotatable bonds is 3. The molecule has 0 aliphatic rings. The molecule has 0 aliphatic carbocycles. The lowest BCUT2D eigenvalue weighted by molar-refractivity contribution is 0.479. The van der Waals surface area contributed by atoms with Crippen LogP contribution in [0, 0.1) is 3.57 Å². The fourth-order valence-corrected chi connectivity index (χ4v) is 1.85. The van der Waals surface area contributed by atoms with E-state index in [-0.39, 0.29) is 0 Å². The van der Waals surface area contributed by atoms with Crippen molar-refractivity contribution < 1.29 is 4.74 Å². The van der Waals surface area contributed by atoms with E-state index < -0.39 is 0 Å². The van der Waals surface area contributed by atoms with Gasteiger partial charge in [-0.25, -0.2) is 0 Å². The van der Waals surface area contributed by atoms with Crippen LogP contribution in [0.5, 0.6) is 11.5 Å². The van der Waals surface area contributed by atoms with E-state index in [9.17, 15) is 0 Å². The lowest BCUT2D eigenvalue weighted by atomic mass is 10.2. The van der Waals surface area contributed by atoms with Crippen molar-refractivity contribution in [2.75, 3.05) is 0 Å². The summed E-state index contributed by atoms with van der Waals surface area (Å²) in [5.74, 6) is 1.71. The maximum atomic E-state index is 5.76. The zero-order chi connectivity index (χ0) is 11.4. The molecule has 16 heavy (non-hydrogen) atoms. The molecule has 0 radical (unpaired) electrons. The zero-order valence-corrected chi connectivity index (χ0v) is 10.8. The van der Waals surface area contributed by atoms with Gasteiger partial charge in [0.05, 0.1) is 3.57 Å². The molecule has 0 amide bonds. The van der Waals surface area contributed by atoms with Crippen LogP contribution in [0.15, 0.2) is 48.5 Å². The molecule has 0 spiro atoms. The monoisotopic (exact) mass is 325 g/mol. The van der Waals surface area contributed by atoms with E-state index in [1.807, 2.05) is 48.5 Å². The predicted molar refractivity (Wildman–Crippen MR) is 73.6 cm³/mol. The van der Waals surface area contributed by atoms with Gasteiger partial charge in [-0.05, 0) is 52.4 Å². The molecular formula is C13H12INO. The zero-order valence-electron chi connectivity index (χ0n) is 8.69. The van der Waals surface area contributed by atoms with Crippen molar-refractivity contribution in [1.82, 2.24) is 0 Å². The quantitative estimate of drug-likeness (QED) is 0.876. The van der Waals surface area contributed by atoms with Crippen molar-refractivity contribution >= 4 is 22.6 Å². The van der Waals surface area contributed by atoms with Crippen LogP contribution in [0.2, 0.25) is 0 Å². The topological polar surface area (TPSA) is 35.2 Å². The number of para-hydroxylation sites is 1. The SMILES string of the molecule is NCc1ccc(Oc2ccccc2I)cc1. The minimum atomic E-state index is 0.559. The van der Waals surface area contributed by atoms with Crippen molar-refractivity contribution in [3.05, 3.63) is 57.7 Å². The third kappa shape index (κ3) is 2.74. The summed E-state index contributed by atoms with van der Waals surface area (Å²) >= 11 is 2.26. The van der Waals surface area contributed by atoms with Gasteiger partial charge in [0.1, 0.15) is 11.5 Å². The first-order chi connectivity index (χ1) is 7.79. The first-order valence-electron chi connectivity index (χ1n) is 5.01. The molecule has 2 rings (SSSR count). The molecule has 2 aromatic carbocycles. The van der Waals surface area contributed by atoms with Crippen molar-refractivity contribution in [1.29, 1.82) is 0 Å². The lowest BCUT2D eigenvalue weighted by Gasteiger charge is -2.07. The summed E-state index contributed by atoms with van der Waals surface area (Å²) in [6, 6.07) is 15.8. The Bertz CT molecular complexity index is 468. The Morgan fingerprint density at radius 3 is 2.31 bits per heavy atom. The molecule has 0 saturated heterocycles. The van der Waals surface area contributed by atoms with E-state index in [1.165, 1.54) is 0 Å². The van der Waals surface area contributed by atoms with E-state index in [0.29, 0.717) is 6.54 Å². The highest BCUT2D eigenvalue weighted by Crippen LogP contribution is 2.26. The van der Waals surface area contributed by atoms with Crippen LogP contribution < -0.4 is 10.5 Å². The maximum Gasteiger partial charge on any atom is 0.140 e. The molecule has 0 aromatic heterocycles. The molecule has 0 bridgehead atoms. The third-order valence-electron chi connectivity index (χ3n) is 2.22. The van der Waals surface area contributed by atoms with Gasteiger partial charge in [-0.2, -0.15) is 0 Å². The molecular weight excluding hydrogens is 313 g/mol. The molecule has 0 saturated carbocycles. The van der Waals surface area contributed by atoms with Crippen LogP contribution in [0.25, 0.3) is 0 Å². The summed E-state index contributed by atoms with van der Waals surface area (Å²) in [6.07, 6.45) is 0. The van der Waals surface area contributed by atoms with Gasteiger partial charge in [-0.3, -0.25) is 0 Å². The third-order valence-corrected chi connectivity index (χ3v) is 3.11. The smallest absolute Gasteiger partial charge is 0.140 e. The normalized spacial score (nSPS) is 10.1. The van der Waals surface area contributed by atoms with Gasteiger partial charge >= 0.3 is 0 Å². The van der Waals surface area contributed by atoms with E-state index in [0.717, 1.165) is 20.6 Å². The second-order valence-corrected chi connectivity index (χ2v) is 4.54. The Balaban J connectivity index is 2.18. The van der Waals surface area contributed by atoms with Crippen molar-refractivity contribution in [2.45, 2.75) is 6.54 Å². The van der Waals surface area contributed by atoms with Crippen molar-refractivity contribution in [2.24, 2.45) is 5.73 Å². The van der Waals surface area contributed by atoms with Crippen molar-refractivity contribution in [3.63, 3.8) is 0 Å². The Hall–Kier alpha value is -1.07. The molecule has 2 nitrogen and oxygen atoms in total. The molecule has 0 atom stereocenters. The molecule has 82 valence electrons. The van der Waals surface area contributed by atoms with Gasteiger partial charge in [0.2, 0.25) is 0 Å². The van der Waals surface area contributed by atoms with Gasteiger partial charge < -0.3 is 10.5 Å². The lowest BCUT2D eigenvalue weighted by Crippen LogP contribution is -1.95. The Labute approximate surface area is 109 Å². The summed E-state index contributed by atoms with van der Waals surface area (Å²) in [5.41, 5.74) is 6.64. The fourth-order valence-electron chi connectivity index (χ4n) is 1.35. The Morgan fingerprint density at radius 2 is 1.69 bits per heavy atom. The minimum absolute atomic E-state index is 0.559. The highest BCUT2D eigenvalue weighted by atomic mass is 127. The first-order valence-corrected chi connectivity index (χ1v) is 6.09. The van der Waals surface area contributed by atoms with E-state index in [1.54, 1.807) is 0 Å². The van der Waals surface area contributed by atoms with Crippen LogP contribution in [-0.4, -0.2) is 0 Å². The molecule has 0 fully saturated rings. The van der Waals surface area contributed by atoms with Gasteiger partial charge in [0.15, 0.2) is 0 Å². The summed E-state index contributed by atoms with van der Waals surface area (Å²) in [7, 11) is 0. The van der Waals surface area contributed by atoms with Crippen molar-refractivity contribution in [3.8, 4) is 11.5 Å². The number of hydrogen-bond acceptors (Lipinski definition) is 2. The number of benzene rings is 2. The summed E-state index contributed by atoms with van der Waals surface area (Å²) in [5, 5.41) is 0. The Kier molecular flexibility index (Phi) is 3.79. The molecule has 0 unspecified atom stereocenters. The summed E-state index contributed by atoms with van der Waals surface area (Å²) in [6.45, 7) is 0.559. The van der Waals surface area contributed by atoms with Gasteiger partial charge in [-0.1, -0.05) is 24.3 Å². The average molecular weight is 325 g/mol. The summed E-state index contributed by atoms with van der Waals surface area (Å²) in [4.78, 5) is 0. The number of ether oxygens (including phenoxy) is 1. The molecule has 2 N–H and O–H groups in total. The van der Waals surface area contributed by atoms with Crippen LogP contribution >= 0.6 is 22.6 Å². The molecule has 3 heteroatoms. The maximum absolute atomic E-state index is 5.76. The number of halogens is 1. The van der Waals surface area contributed by atoms with Crippen LogP contribution in [0.1, 0.15) is 5.56 Å². The van der Waals surface area contributed by atoms with Crippen LogP contribution in [0.3, 0.4) is 0 Å². The molecule has 2 aromatic rings. The average Bonchev–Trinajstić information content (AvgIpc) is 2.33. The second kappa shape index (κ2) is 5.32.